The average Bonchev–Trinajstić information content (AvgIpc) is 3.18. The van der Waals surface area contributed by atoms with Crippen LogP contribution >= 0.6 is 12.2 Å². The molecule has 1 aromatic carbocycles. The van der Waals surface area contributed by atoms with Crippen LogP contribution in [0.15, 0.2) is 29.2 Å². The molecule has 0 bridgehead atoms. The van der Waals surface area contributed by atoms with Crippen LogP contribution in [0.25, 0.3) is 0 Å². The Morgan fingerprint density at radius 3 is 2.40 bits per heavy atom. The zero-order valence-electron chi connectivity index (χ0n) is 11.6. The van der Waals surface area contributed by atoms with Gasteiger partial charge in [0.15, 0.2) is 0 Å². The Kier molecular flexibility index (Phi) is 4.46. The van der Waals surface area contributed by atoms with E-state index in [1.165, 1.54) is 12.1 Å². The van der Waals surface area contributed by atoms with E-state index in [-0.39, 0.29) is 15.3 Å². The van der Waals surface area contributed by atoms with Crippen LogP contribution in [0.5, 0.6) is 0 Å². The van der Waals surface area contributed by atoms with Gasteiger partial charge in [0.1, 0.15) is 4.99 Å². The fourth-order valence-electron chi connectivity index (χ4n) is 2.35. The molecule has 1 aliphatic rings. The first-order valence-corrected chi connectivity index (χ1v) is 8.67. The minimum Gasteiger partial charge on any atom is -0.389 e. The molecule has 110 valence electrons. The summed E-state index contributed by atoms with van der Waals surface area (Å²) in [7, 11) is -3.45. The van der Waals surface area contributed by atoms with Gasteiger partial charge in [-0.2, -0.15) is 0 Å². The predicted octanol–water partition coefficient (Wildman–Crippen LogP) is 2.18. The van der Waals surface area contributed by atoms with Crippen molar-refractivity contribution in [3.63, 3.8) is 0 Å². The van der Waals surface area contributed by atoms with E-state index < -0.39 is 10.0 Å². The van der Waals surface area contributed by atoms with Gasteiger partial charge in [0, 0.05) is 12.1 Å². The van der Waals surface area contributed by atoms with Crippen LogP contribution in [-0.2, 0) is 10.0 Å². The van der Waals surface area contributed by atoms with Gasteiger partial charge in [-0.3, -0.25) is 0 Å². The van der Waals surface area contributed by atoms with Crippen molar-refractivity contribution in [2.75, 3.05) is 6.54 Å². The van der Waals surface area contributed by atoms with E-state index in [1.54, 1.807) is 12.1 Å². The molecule has 20 heavy (non-hydrogen) atoms. The Balaban J connectivity index is 2.05. The molecule has 0 atom stereocenters. The summed E-state index contributed by atoms with van der Waals surface area (Å²) in [6.45, 7) is 2.66. The molecule has 1 aromatic rings. The van der Waals surface area contributed by atoms with Gasteiger partial charge in [-0.1, -0.05) is 37.7 Å². The van der Waals surface area contributed by atoms with Crippen molar-refractivity contribution in [3.8, 4) is 0 Å². The molecular formula is C14H20N2O2S2. The maximum Gasteiger partial charge on any atom is 0.240 e. The van der Waals surface area contributed by atoms with Gasteiger partial charge in [-0.15, -0.1) is 0 Å². The molecule has 0 unspecified atom stereocenters. The summed E-state index contributed by atoms with van der Waals surface area (Å²) >= 11 is 4.85. The first-order valence-electron chi connectivity index (χ1n) is 6.78. The van der Waals surface area contributed by atoms with E-state index in [0.29, 0.717) is 12.1 Å². The van der Waals surface area contributed by atoms with Gasteiger partial charge in [0.25, 0.3) is 0 Å². The minimum absolute atomic E-state index is 0.195. The molecular weight excluding hydrogens is 292 g/mol. The van der Waals surface area contributed by atoms with E-state index in [0.717, 1.165) is 25.7 Å². The molecule has 0 aromatic heterocycles. The van der Waals surface area contributed by atoms with Crippen molar-refractivity contribution < 1.29 is 8.42 Å². The third-order valence-electron chi connectivity index (χ3n) is 3.82. The lowest BCUT2D eigenvalue weighted by molar-refractivity contribution is 0.449. The maximum atomic E-state index is 12.2. The van der Waals surface area contributed by atoms with E-state index in [9.17, 15) is 8.42 Å². The fourth-order valence-corrected chi connectivity index (χ4v) is 3.65. The van der Waals surface area contributed by atoms with Crippen LogP contribution in [0, 0.1) is 5.41 Å². The summed E-state index contributed by atoms with van der Waals surface area (Å²) in [6, 6.07) is 6.35. The largest absolute Gasteiger partial charge is 0.389 e. The highest BCUT2D eigenvalue weighted by atomic mass is 32.2. The molecule has 1 fully saturated rings. The molecule has 3 N–H and O–H groups in total. The number of sulfonamides is 1. The Bertz CT molecular complexity index is 590. The van der Waals surface area contributed by atoms with Crippen molar-refractivity contribution >= 4 is 27.2 Å². The number of hydrogen-bond donors (Lipinski definition) is 2. The summed E-state index contributed by atoms with van der Waals surface area (Å²) < 4.78 is 27.2. The zero-order valence-corrected chi connectivity index (χ0v) is 13.2. The first-order chi connectivity index (χ1) is 9.38. The van der Waals surface area contributed by atoms with Crippen LogP contribution in [0.1, 0.15) is 38.2 Å². The third-order valence-corrected chi connectivity index (χ3v) is 5.48. The number of rotatable bonds is 7. The molecule has 0 radical (unpaired) electrons. The second-order valence-corrected chi connectivity index (χ2v) is 7.67. The van der Waals surface area contributed by atoms with Crippen LogP contribution in [0.3, 0.4) is 0 Å². The molecule has 0 heterocycles. The van der Waals surface area contributed by atoms with Crippen molar-refractivity contribution in [1.29, 1.82) is 0 Å². The van der Waals surface area contributed by atoms with Gasteiger partial charge >= 0.3 is 0 Å². The molecule has 6 heteroatoms. The highest BCUT2D eigenvalue weighted by molar-refractivity contribution is 7.89. The number of hydrogen-bond acceptors (Lipinski definition) is 3. The Morgan fingerprint density at radius 2 is 1.95 bits per heavy atom. The highest BCUT2D eigenvalue weighted by Crippen LogP contribution is 2.49. The standard InChI is InChI=1S/C14H20N2O2S2/c1-2-7-14(8-9-14)10-16-20(17,18)12-5-3-11(4-6-12)13(15)19/h3-6,16H,2,7-10H2,1H3,(H2,15,19). The number of benzene rings is 1. The van der Waals surface area contributed by atoms with Gasteiger partial charge in [-0.25, -0.2) is 13.1 Å². The average molecular weight is 312 g/mol. The Labute approximate surface area is 125 Å². The second kappa shape index (κ2) is 5.79. The highest BCUT2D eigenvalue weighted by Gasteiger charge is 2.42. The monoisotopic (exact) mass is 312 g/mol. The topological polar surface area (TPSA) is 72.2 Å². The quantitative estimate of drug-likeness (QED) is 0.757. The zero-order chi connectivity index (χ0) is 14.8. The van der Waals surface area contributed by atoms with Crippen molar-refractivity contribution in [3.05, 3.63) is 29.8 Å². The molecule has 0 spiro atoms. The minimum atomic E-state index is -3.45. The van der Waals surface area contributed by atoms with Gasteiger partial charge < -0.3 is 5.73 Å². The molecule has 4 nitrogen and oxygen atoms in total. The Hall–Kier alpha value is -0.980. The Morgan fingerprint density at radius 1 is 1.35 bits per heavy atom. The van der Waals surface area contributed by atoms with Crippen molar-refractivity contribution in [1.82, 2.24) is 4.72 Å². The van der Waals surface area contributed by atoms with E-state index in [4.69, 9.17) is 18.0 Å². The lowest BCUT2D eigenvalue weighted by atomic mass is 10.0. The third kappa shape index (κ3) is 3.56. The number of nitrogens with one attached hydrogen (secondary N) is 1. The van der Waals surface area contributed by atoms with Crippen LogP contribution in [-0.4, -0.2) is 20.0 Å². The predicted molar refractivity (Wildman–Crippen MR) is 84.1 cm³/mol. The lowest BCUT2D eigenvalue weighted by Crippen LogP contribution is -2.30. The number of nitrogens with two attached hydrogens (primary N) is 1. The maximum absolute atomic E-state index is 12.2. The SMILES string of the molecule is CCCC1(CNS(=O)(=O)c2ccc(C(N)=S)cc2)CC1. The molecule has 0 saturated heterocycles. The van der Waals surface area contributed by atoms with E-state index in [2.05, 4.69) is 11.6 Å². The van der Waals surface area contributed by atoms with E-state index >= 15 is 0 Å². The lowest BCUT2D eigenvalue weighted by Gasteiger charge is -2.15. The summed E-state index contributed by atoms with van der Waals surface area (Å²) in [5.41, 5.74) is 6.36. The van der Waals surface area contributed by atoms with Crippen LogP contribution in [0.2, 0.25) is 0 Å². The van der Waals surface area contributed by atoms with Crippen LogP contribution in [0.4, 0.5) is 0 Å². The van der Waals surface area contributed by atoms with Gasteiger partial charge in [0.2, 0.25) is 10.0 Å². The van der Waals surface area contributed by atoms with Crippen molar-refractivity contribution in [2.24, 2.45) is 11.1 Å². The molecule has 1 aliphatic carbocycles. The number of thiocarbonyl (C=S) groups is 1. The smallest absolute Gasteiger partial charge is 0.240 e. The first kappa shape index (κ1) is 15.4. The summed E-state index contributed by atoms with van der Waals surface area (Å²) in [5, 5.41) is 0. The van der Waals surface area contributed by atoms with Crippen LogP contribution < -0.4 is 10.5 Å². The summed E-state index contributed by atoms with van der Waals surface area (Å²) in [6.07, 6.45) is 4.40. The molecule has 0 amide bonds. The molecule has 2 rings (SSSR count). The normalized spacial score (nSPS) is 16.9. The van der Waals surface area contributed by atoms with Gasteiger partial charge in [-0.05, 0) is 36.8 Å². The summed E-state index contributed by atoms with van der Waals surface area (Å²) in [4.78, 5) is 0.520. The van der Waals surface area contributed by atoms with Crippen molar-refractivity contribution in [2.45, 2.75) is 37.5 Å². The molecule has 0 aliphatic heterocycles. The summed E-state index contributed by atoms with van der Waals surface area (Å²) in [5.74, 6) is 0. The van der Waals surface area contributed by atoms with Gasteiger partial charge in [0.05, 0.1) is 4.90 Å². The van der Waals surface area contributed by atoms with E-state index in [1.807, 2.05) is 0 Å². The second-order valence-electron chi connectivity index (χ2n) is 5.46. The fraction of sp³-hybridized carbons (Fsp3) is 0.500. The molecule has 1 saturated carbocycles.